The van der Waals surface area contributed by atoms with Gasteiger partial charge in [-0.3, -0.25) is 10.1 Å². The van der Waals surface area contributed by atoms with E-state index in [1.165, 1.54) is 11.3 Å². The number of aromatic nitrogens is 1. The van der Waals surface area contributed by atoms with Gasteiger partial charge in [-0.15, -0.1) is 0 Å². The Morgan fingerprint density at radius 1 is 0.950 bits per heavy atom. The minimum absolute atomic E-state index is 0.139. The fourth-order valence-electron chi connectivity index (χ4n) is 1.83. The maximum Gasteiger partial charge on any atom is 0.257 e. The molecule has 0 radical (unpaired) electrons. The first kappa shape index (κ1) is 12.6. The smallest absolute Gasteiger partial charge is 0.257 e. The zero-order valence-electron chi connectivity index (χ0n) is 10.6. The van der Waals surface area contributed by atoms with Crippen molar-refractivity contribution in [2.45, 2.75) is 0 Å². The first-order valence-corrected chi connectivity index (χ1v) is 7.02. The topological polar surface area (TPSA) is 42.0 Å². The molecule has 3 aromatic rings. The number of nitrogens with one attached hydrogen (secondary N) is 1. The summed E-state index contributed by atoms with van der Waals surface area (Å²) in [5.41, 5.74) is 1.73. The fraction of sp³-hybridized carbons (Fsp3) is 0. The van der Waals surface area contributed by atoms with Crippen LogP contribution in [-0.4, -0.2) is 10.9 Å². The third-order valence-electron chi connectivity index (χ3n) is 2.82. The monoisotopic (exact) mass is 280 g/mol. The Kier molecular flexibility index (Phi) is 3.56. The SMILES string of the molecule is O=C(Nc1ncc(-c2ccccc2)s1)c1ccccc1. The van der Waals surface area contributed by atoms with Crippen molar-refractivity contribution in [3.63, 3.8) is 0 Å². The van der Waals surface area contributed by atoms with Gasteiger partial charge in [0.15, 0.2) is 5.13 Å². The molecule has 0 aliphatic carbocycles. The summed E-state index contributed by atoms with van der Waals surface area (Å²) in [5.74, 6) is -0.139. The molecule has 0 aliphatic heterocycles. The van der Waals surface area contributed by atoms with Crippen molar-refractivity contribution >= 4 is 22.4 Å². The molecule has 4 heteroatoms. The molecule has 0 unspecified atom stereocenters. The van der Waals surface area contributed by atoms with Gasteiger partial charge in [0, 0.05) is 11.8 Å². The highest BCUT2D eigenvalue weighted by Gasteiger charge is 2.09. The standard InChI is InChI=1S/C16H12N2OS/c19-15(13-9-5-2-6-10-13)18-16-17-11-14(20-16)12-7-3-1-4-8-12/h1-11H,(H,17,18,19). The summed E-state index contributed by atoms with van der Waals surface area (Å²) < 4.78 is 0. The lowest BCUT2D eigenvalue weighted by atomic mass is 10.2. The zero-order chi connectivity index (χ0) is 13.8. The second kappa shape index (κ2) is 5.67. The van der Waals surface area contributed by atoms with Gasteiger partial charge in [0.05, 0.1) is 4.88 Å². The molecule has 1 N–H and O–H groups in total. The van der Waals surface area contributed by atoms with E-state index >= 15 is 0 Å². The summed E-state index contributed by atoms with van der Waals surface area (Å²) in [5, 5.41) is 3.43. The number of rotatable bonds is 3. The Bertz CT molecular complexity index is 708. The number of carbonyl (C=O) groups excluding carboxylic acids is 1. The van der Waals surface area contributed by atoms with Crippen molar-refractivity contribution < 1.29 is 4.79 Å². The number of anilines is 1. The van der Waals surface area contributed by atoms with E-state index in [1.54, 1.807) is 18.3 Å². The molecule has 0 spiro atoms. The van der Waals surface area contributed by atoms with Crippen molar-refractivity contribution in [1.82, 2.24) is 4.98 Å². The largest absolute Gasteiger partial charge is 0.298 e. The molecular weight excluding hydrogens is 268 g/mol. The molecule has 1 heterocycles. The second-order valence-electron chi connectivity index (χ2n) is 4.22. The van der Waals surface area contributed by atoms with Crippen LogP contribution in [0.15, 0.2) is 66.9 Å². The molecule has 3 rings (SSSR count). The van der Waals surface area contributed by atoms with Crippen LogP contribution in [0.25, 0.3) is 10.4 Å². The van der Waals surface area contributed by atoms with Crippen LogP contribution in [0, 0.1) is 0 Å². The molecule has 0 atom stereocenters. The average Bonchev–Trinajstić information content (AvgIpc) is 2.97. The van der Waals surface area contributed by atoms with Gasteiger partial charge in [-0.25, -0.2) is 4.98 Å². The Hall–Kier alpha value is -2.46. The lowest BCUT2D eigenvalue weighted by Gasteiger charge is -2.00. The van der Waals surface area contributed by atoms with E-state index in [-0.39, 0.29) is 5.91 Å². The molecule has 0 aliphatic rings. The number of benzene rings is 2. The zero-order valence-corrected chi connectivity index (χ0v) is 11.4. The quantitative estimate of drug-likeness (QED) is 0.786. The molecule has 0 saturated heterocycles. The molecule has 3 nitrogen and oxygen atoms in total. The van der Waals surface area contributed by atoms with Crippen LogP contribution < -0.4 is 5.32 Å². The number of nitrogens with zero attached hydrogens (tertiary/aromatic N) is 1. The van der Waals surface area contributed by atoms with Crippen molar-refractivity contribution in [3.8, 4) is 10.4 Å². The molecule has 0 bridgehead atoms. The third-order valence-corrected chi connectivity index (χ3v) is 3.78. The summed E-state index contributed by atoms with van der Waals surface area (Å²) in [6.45, 7) is 0. The minimum Gasteiger partial charge on any atom is -0.298 e. The normalized spacial score (nSPS) is 10.2. The van der Waals surface area contributed by atoms with E-state index in [9.17, 15) is 4.79 Å². The van der Waals surface area contributed by atoms with E-state index < -0.39 is 0 Å². The molecule has 0 fully saturated rings. The molecule has 1 aromatic heterocycles. The number of amides is 1. The Labute approximate surface area is 120 Å². The van der Waals surface area contributed by atoms with Crippen molar-refractivity contribution in [2.24, 2.45) is 0 Å². The third kappa shape index (κ3) is 2.75. The predicted molar refractivity (Wildman–Crippen MR) is 81.9 cm³/mol. The van der Waals surface area contributed by atoms with Crippen LogP contribution in [0.2, 0.25) is 0 Å². The fourth-order valence-corrected chi connectivity index (χ4v) is 2.64. The highest BCUT2D eigenvalue weighted by molar-refractivity contribution is 7.19. The lowest BCUT2D eigenvalue weighted by Crippen LogP contribution is -2.11. The van der Waals surface area contributed by atoms with Gasteiger partial charge in [0.1, 0.15) is 0 Å². The molecular formula is C16H12N2OS. The summed E-state index contributed by atoms with van der Waals surface area (Å²) in [4.78, 5) is 17.3. The maximum atomic E-state index is 12.0. The number of hydrogen-bond donors (Lipinski definition) is 1. The van der Waals surface area contributed by atoms with Gasteiger partial charge in [0.2, 0.25) is 0 Å². The van der Waals surface area contributed by atoms with E-state index in [1.807, 2.05) is 48.5 Å². The lowest BCUT2D eigenvalue weighted by molar-refractivity contribution is 0.102. The van der Waals surface area contributed by atoms with Crippen molar-refractivity contribution in [2.75, 3.05) is 5.32 Å². The number of carbonyl (C=O) groups is 1. The summed E-state index contributed by atoms with van der Waals surface area (Å²) in [6, 6.07) is 19.1. The average molecular weight is 280 g/mol. The van der Waals surface area contributed by atoms with Gasteiger partial charge in [-0.2, -0.15) is 0 Å². The Balaban J connectivity index is 1.77. The van der Waals surface area contributed by atoms with Crippen LogP contribution in [0.5, 0.6) is 0 Å². The second-order valence-corrected chi connectivity index (χ2v) is 5.25. The minimum atomic E-state index is -0.139. The van der Waals surface area contributed by atoms with Crippen LogP contribution >= 0.6 is 11.3 Å². The Morgan fingerprint density at radius 2 is 1.60 bits per heavy atom. The highest BCUT2D eigenvalue weighted by Crippen LogP contribution is 2.28. The van der Waals surface area contributed by atoms with Crippen LogP contribution in [0.4, 0.5) is 5.13 Å². The molecule has 1 amide bonds. The number of thiazole rings is 1. The molecule has 2 aromatic carbocycles. The highest BCUT2D eigenvalue weighted by atomic mass is 32.1. The van der Waals surface area contributed by atoms with Gasteiger partial charge < -0.3 is 0 Å². The van der Waals surface area contributed by atoms with Gasteiger partial charge >= 0.3 is 0 Å². The molecule has 20 heavy (non-hydrogen) atoms. The van der Waals surface area contributed by atoms with E-state index in [2.05, 4.69) is 10.3 Å². The van der Waals surface area contributed by atoms with Crippen LogP contribution in [0.1, 0.15) is 10.4 Å². The Morgan fingerprint density at radius 3 is 2.30 bits per heavy atom. The van der Waals surface area contributed by atoms with E-state index in [0.29, 0.717) is 10.7 Å². The van der Waals surface area contributed by atoms with Gasteiger partial charge in [-0.1, -0.05) is 59.9 Å². The first-order valence-electron chi connectivity index (χ1n) is 6.20. The van der Waals surface area contributed by atoms with Crippen molar-refractivity contribution in [1.29, 1.82) is 0 Å². The van der Waals surface area contributed by atoms with Crippen molar-refractivity contribution in [3.05, 3.63) is 72.4 Å². The van der Waals surface area contributed by atoms with Crippen LogP contribution in [-0.2, 0) is 0 Å². The van der Waals surface area contributed by atoms with Gasteiger partial charge in [0.25, 0.3) is 5.91 Å². The van der Waals surface area contributed by atoms with Gasteiger partial charge in [-0.05, 0) is 17.7 Å². The molecule has 0 saturated carbocycles. The van der Waals surface area contributed by atoms with E-state index in [4.69, 9.17) is 0 Å². The van der Waals surface area contributed by atoms with E-state index in [0.717, 1.165) is 10.4 Å². The summed E-state index contributed by atoms with van der Waals surface area (Å²) in [6.07, 6.45) is 1.78. The first-order chi connectivity index (χ1) is 9.83. The summed E-state index contributed by atoms with van der Waals surface area (Å²) >= 11 is 1.47. The molecule has 98 valence electrons. The number of hydrogen-bond acceptors (Lipinski definition) is 3. The van der Waals surface area contributed by atoms with Crippen LogP contribution in [0.3, 0.4) is 0 Å². The predicted octanol–water partition coefficient (Wildman–Crippen LogP) is 4.06. The maximum absolute atomic E-state index is 12.0. The summed E-state index contributed by atoms with van der Waals surface area (Å²) in [7, 11) is 0.